The monoisotopic (exact) mass is 650 g/mol. The van der Waals surface area contributed by atoms with Crippen LogP contribution in [0, 0.1) is 6.92 Å². The number of aryl methyl sites for hydroxylation is 1. The quantitative estimate of drug-likeness (QED) is 0.253. The lowest BCUT2D eigenvalue weighted by molar-refractivity contribution is 0.0303. The Labute approximate surface area is 280 Å². The van der Waals surface area contributed by atoms with E-state index >= 15 is 0 Å². The zero-order valence-corrected chi connectivity index (χ0v) is 27.7. The molecule has 6 rings (SSSR count). The number of nitrogens with one attached hydrogen (secondary N) is 2. The average Bonchev–Trinajstić information content (AvgIpc) is 3.12. The van der Waals surface area contributed by atoms with E-state index in [0.29, 0.717) is 61.1 Å². The van der Waals surface area contributed by atoms with Crippen LogP contribution in [-0.4, -0.2) is 78.4 Å². The molecule has 1 aromatic heterocycles. The Kier molecular flexibility index (Phi) is 10.2. The number of amides is 2. The summed E-state index contributed by atoms with van der Waals surface area (Å²) in [6.45, 7) is 8.69. The molecule has 2 fully saturated rings. The molecule has 0 bridgehead atoms. The van der Waals surface area contributed by atoms with Crippen LogP contribution in [0.4, 0.5) is 22.9 Å². The molecule has 0 aliphatic carbocycles. The molecule has 0 spiro atoms. The van der Waals surface area contributed by atoms with Crippen molar-refractivity contribution in [2.75, 3.05) is 61.5 Å². The molecule has 3 heterocycles. The Morgan fingerprint density at radius 1 is 0.979 bits per heavy atom. The molecule has 2 N–H and O–H groups in total. The summed E-state index contributed by atoms with van der Waals surface area (Å²) in [5.74, 6) is -0.106. The van der Waals surface area contributed by atoms with Crippen LogP contribution in [0.3, 0.4) is 0 Å². The average molecular weight is 651 g/mol. The molecule has 48 heavy (non-hydrogen) atoms. The third-order valence-corrected chi connectivity index (χ3v) is 8.90. The van der Waals surface area contributed by atoms with Crippen molar-refractivity contribution in [1.29, 1.82) is 0 Å². The van der Waals surface area contributed by atoms with Crippen molar-refractivity contribution in [2.45, 2.75) is 32.8 Å². The molecule has 3 aromatic carbocycles. The van der Waals surface area contributed by atoms with Crippen molar-refractivity contribution in [1.82, 2.24) is 14.5 Å². The topological polar surface area (TPSA) is 118 Å². The summed E-state index contributed by atoms with van der Waals surface area (Å²) in [5.41, 5.74) is 5.38. The van der Waals surface area contributed by atoms with E-state index < -0.39 is 0 Å². The van der Waals surface area contributed by atoms with Crippen LogP contribution in [-0.2, 0) is 16.5 Å². The highest BCUT2D eigenvalue weighted by atomic mass is 16.5. The number of nitrogens with zero attached hydrogens (tertiary/aromatic N) is 4. The molecule has 250 valence electrons. The summed E-state index contributed by atoms with van der Waals surface area (Å²) >= 11 is 0. The van der Waals surface area contributed by atoms with E-state index in [0.717, 1.165) is 42.7 Å². The third kappa shape index (κ3) is 7.42. The van der Waals surface area contributed by atoms with Gasteiger partial charge in [0, 0.05) is 79.8 Å². The fourth-order valence-electron chi connectivity index (χ4n) is 6.21. The van der Waals surface area contributed by atoms with Gasteiger partial charge in [-0.3, -0.25) is 14.4 Å². The van der Waals surface area contributed by atoms with E-state index in [9.17, 15) is 14.4 Å². The van der Waals surface area contributed by atoms with E-state index in [1.165, 1.54) is 4.57 Å². The molecule has 2 amide bonds. The Morgan fingerprint density at radius 2 is 1.71 bits per heavy atom. The van der Waals surface area contributed by atoms with Gasteiger partial charge in [0.25, 0.3) is 17.4 Å². The van der Waals surface area contributed by atoms with E-state index in [1.54, 1.807) is 42.4 Å². The molecule has 4 aromatic rings. The molecule has 1 atom stereocenters. The van der Waals surface area contributed by atoms with Gasteiger partial charge in [-0.05, 0) is 86.8 Å². The SMILES string of the molecule is CCOC1CCCN(c2ccc(C(=O)Nc3cccc(-c4cn(C)c(=O)c(Nc5ccc(C(=O)N6CCOCC6)cc5)n4)c3C)cc2)C1. The highest BCUT2D eigenvalue weighted by Gasteiger charge is 2.21. The molecule has 1 unspecified atom stereocenters. The molecule has 0 radical (unpaired) electrons. The summed E-state index contributed by atoms with van der Waals surface area (Å²) < 4.78 is 12.7. The maximum atomic E-state index is 13.3. The lowest BCUT2D eigenvalue weighted by Crippen LogP contribution is -2.40. The largest absolute Gasteiger partial charge is 0.378 e. The number of rotatable bonds is 9. The molecule has 2 aliphatic heterocycles. The number of piperidine rings is 1. The number of benzene rings is 3. The first-order chi connectivity index (χ1) is 23.3. The standard InChI is InChI=1S/C37H42N6O5/c1-4-48-30-7-6-18-43(23-30)29-16-12-26(13-17-29)35(44)40-32-9-5-8-31(25(32)2)33-24-41(3)37(46)34(39-33)38-28-14-10-27(11-15-28)36(45)42-19-21-47-22-20-42/h5,8-17,24,30H,4,6-7,18-23H2,1-3H3,(H,38,39)(H,40,44). The fraction of sp³-hybridized carbons (Fsp3) is 0.351. The zero-order valence-electron chi connectivity index (χ0n) is 27.7. The number of carbonyl (C=O) groups excluding carboxylic acids is 2. The van der Waals surface area contributed by atoms with Gasteiger partial charge in [0.1, 0.15) is 0 Å². The van der Waals surface area contributed by atoms with E-state index in [-0.39, 0.29) is 29.3 Å². The van der Waals surface area contributed by atoms with Crippen molar-refractivity contribution >= 4 is 34.7 Å². The number of morpholine rings is 1. The van der Waals surface area contributed by atoms with Gasteiger partial charge < -0.3 is 34.5 Å². The highest BCUT2D eigenvalue weighted by Crippen LogP contribution is 2.29. The van der Waals surface area contributed by atoms with Gasteiger partial charge in [0.15, 0.2) is 5.82 Å². The van der Waals surface area contributed by atoms with Crippen molar-refractivity contribution in [3.8, 4) is 11.3 Å². The Bertz CT molecular complexity index is 1810. The number of hydrogen-bond donors (Lipinski definition) is 2. The second kappa shape index (κ2) is 14.8. The van der Waals surface area contributed by atoms with Gasteiger partial charge >= 0.3 is 0 Å². The van der Waals surface area contributed by atoms with E-state index in [4.69, 9.17) is 9.47 Å². The van der Waals surface area contributed by atoms with Crippen LogP contribution in [0.2, 0.25) is 0 Å². The molecule has 11 heteroatoms. The Hall–Kier alpha value is -5.00. The number of hydrogen-bond acceptors (Lipinski definition) is 8. The predicted molar refractivity (Wildman–Crippen MR) is 187 cm³/mol. The van der Waals surface area contributed by atoms with Crippen LogP contribution in [0.25, 0.3) is 11.3 Å². The highest BCUT2D eigenvalue weighted by molar-refractivity contribution is 6.05. The van der Waals surface area contributed by atoms with Crippen LogP contribution >= 0.6 is 0 Å². The molecular formula is C37H42N6O5. The van der Waals surface area contributed by atoms with Crippen molar-refractivity contribution < 1.29 is 19.1 Å². The maximum absolute atomic E-state index is 13.3. The molecule has 2 aliphatic rings. The second-order valence-electron chi connectivity index (χ2n) is 12.1. The lowest BCUT2D eigenvalue weighted by Gasteiger charge is -2.34. The smallest absolute Gasteiger partial charge is 0.293 e. The molecular weight excluding hydrogens is 608 g/mol. The molecule has 0 saturated carbocycles. The van der Waals surface area contributed by atoms with Gasteiger partial charge in [-0.25, -0.2) is 4.98 Å². The third-order valence-electron chi connectivity index (χ3n) is 8.90. The summed E-state index contributed by atoms with van der Waals surface area (Å²) in [4.78, 5) is 48.0. The number of carbonyl (C=O) groups is 2. The van der Waals surface area contributed by atoms with Gasteiger partial charge in [-0.15, -0.1) is 0 Å². The summed E-state index contributed by atoms with van der Waals surface area (Å²) in [7, 11) is 1.67. The number of aromatic nitrogens is 2. The minimum Gasteiger partial charge on any atom is -0.378 e. The van der Waals surface area contributed by atoms with Crippen LogP contribution in [0.5, 0.6) is 0 Å². The number of anilines is 4. The summed E-state index contributed by atoms with van der Waals surface area (Å²) in [6.07, 6.45) is 4.07. The molecule has 11 nitrogen and oxygen atoms in total. The zero-order chi connectivity index (χ0) is 33.6. The minimum atomic E-state index is -0.296. The van der Waals surface area contributed by atoms with Crippen molar-refractivity contribution in [3.63, 3.8) is 0 Å². The van der Waals surface area contributed by atoms with Gasteiger partial charge in [-0.2, -0.15) is 0 Å². The fourth-order valence-corrected chi connectivity index (χ4v) is 6.21. The van der Waals surface area contributed by atoms with Crippen LogP contribution in [0.15, 0.2) is 77.7 Å². The summed E-state index contributed by atoms with van der Waals surface area (Å²) in [5, 5.41) is 6.18. The minimum absolute atomic E-state index is 0.0474. The van der Waals surface area contributed by atoms with E-state index in [1.807, 2.05) is 56.3 Å². The maximum Gasteiger partial charge on any atom is 0.293 e. The van der Waals surface area contributed by atoms with E-state index in [2.05, 4.69) is 20.5 Å². The summed E-state index contributed by atoms with van der Waals surface area (Å²) in [6, 6.07) is 20.3. The van der Waals surface area contributed by atoms with Gasteiger partial charge in [0.2, 0.25) is 0 Å². The normalized spacial score (nSPS) is 16.4. The Balaban J connectivity index is 1.16. The first-order valence-electron chi connectivity index (χ1n) is 16.5. The Morgan fingerprint density at radius 3 is 2.44 bits per heavy atom. The first kappa shape index (κ1) is 32.9. The first-order valence-corrected chi connectivity index (χ1v) is 16.5. The van der Waals surface area contributed by atoms with Gasteiger partial charge in [-0.1, -0.05) is 12.1 Å². The van der Waals surface area contributed by atoms with Crippen molar-refractivity contribution in [3.05, 3.63) is 100.0 Å². The lowest BCUT2D eigenvalue weighted by atomic mass is 10.0. The number of ether oxygens (including phenoxy) is 2. The molecule has 2 saturated heterocycles. The van der Waals surface area contributed by atoms with Crippen LogP contribution in [0.1, 0.15) is 46.0 Å². The van der Waals surface area contributed by atoms with Crippen molar-refractivity contribution in [2.24, 2.45) is 7.05 Å². The predicted octanol–water partition coefficient (Wildman–Crippen LogP) is 5.23. The van der Waals surface area contributed by atoms with Crippen LogP contribution < -0.4 is 21.1 Å². The second-order valence-corrected chi connectivity index (χ2v) is 12.1. The van der Waals surface area contributed by atoms with Gasteiger partial charge in [0.05, 0.1) is 25.0 Å².